The Morgan fingerprint density at radius 3 is 2.65 bits per heavy atom. The van der Waals surface area contributed by atoms with Crippen molar-refractivity contribution in [1.82, 2.24) is 4.90 Å². The Balaban J connectivity index is 2.59. The van der Waals surface area contributed by atoms with Crippen molar-refractivity contribution in [2.45, 2.75) is 19.4 Å². The highest BCUT2D eigenvalue weighted by atomic mass is 35.5. The third-order valence-corrected chi connectivity index (χ3v) is 3.08. The van der Waals surface area contributed by atoms with Crippen LogP contribution in [0.3, 0.4) is 0 Å². The number of hydrogen-bond acceptors (Lipinski definition) is 2. The van der Waals surface area contributed by atoms with Crippen molar-refractivity contribution in [3.05, 3.63) is 33.8 Å². The molecule has 0 spiro atoms. The van der Waals surface area contributed by atoms with E-state index < -0.39 is 6.04 Å². The van der Waals surface area contributed by atoms with E-state index in [1.165, 1.54) is 0 Å². The van der Waals surface area contributed by atoms with Crippen LogP contribution >= 0.6 is 23.2 Å². The number of likely N-dealkylation sites (N-methyl/N-ethyl adjacent to an activating group) is 1. The second-order valence-corrected chi connectivity index (χ2v) is 4.88. The summed E-state index contributed by atoms with van der Waals surface area (Å²) in [4.78, 5) is 13.2. The minimum absolute atomic E-state index is 0.0740. The molecule has 0 aliphatic rings. The van der Waals surface area contributed by atoms with E-state index in [9.17, 15) is 4.79 Å². The summed E-state index contributed by atoms with van der Waals surface area (Å²) in [5, 5.41) is 1.23. The van der Waals surface area contributed by atoms with Gasteiger partial charge in [-0.2, -0.15) is 0 Å². The van der Waals surface area contributed by atoms with E-state index in [1.807, 2.05) is 6.07 Å². The number of carbonyl (C=O) groups is 1. The zero-order chi connectivity index (χ0) is 13.0. The molecule has 5 heteroatoms. The predicted molar refractivity (Wildman–Crippen MR) is 71.5 cm³/mol. The molecule has 1 aromatic rings. The number of amides is 1. The van der Waals surface area contributed by atoms with Gasteiger partial charge in [-0.05, 0) is 31.0 Å². The zero-order valence-electron chi connectivity index (χ0n) is 9.91. The summed E-state index contributed by atoms with van der Waals surface area (Å²) in [6.45, 7) is 2.26. The van der Waals surface area contributed by atoms with Crippen molar-refractivity contribution in [2.24, 2.45) is 5.73 Å². The number of benzene rings is 1. The SMILES string of the molecule is CC(N)C(=O)N(C)CCc1ccc(Cl)cc1Cl. The van der Waals surface area contributed by atoms with Gasteiger partial charge in [0, 0.05) is 23.6 Å². The second-order valence-electron chi connectivity index (χ2n) is 4.03. The van der Waals surface area contributed by atoms with Crippen LogP contribution in [0.5, 0.6) is 0 Å². The van der Waals surface area contributed by atoms with Crippen molar-refractivity contribution in [1.29, 1.82) is 0 Å². The summed E-state index contributed by atoms with van der Waals surface area (Å²) in [5.74, 6) is -0.0740. The molecule has 1 unspecified atom stereocenters. The molecular formula is C12H16Cl2N2O. The first-order valence-corrected chi connectivity index (χ1v) is 6.12. The maximum Gasteiger partial charge on any atom is 0.238 e. The zero-order valence-corrected chi connectivity index (χ0v) is 11.4. The molecule has 0 aliphatic heterocycles. The lowest BCUT2D eigenvalue weighted by Gasteiger charge is -2.19. The normalized spacial score (nSPS) is 12.3. The first kappa shape index (κ1) is 14.3. The molecule has 0 saturated carbocycles. The van der Waals surface area contributed by atoms with Gasteiger partial charge in [-0.3, -0.25) is 4.79 Å². The summed E-state index contributed by atoms with van der Waals surface area (Å²) in [6.07, 6.45) is 0.685. The lowest BCUT2D eigenvalue weighted by Crippen LogP contribution is -2.40. The van der Waals surface area contributed by atoms with Crippen LogP contribution in [-0.2, 0) is 11.2 Å². The summed E-state index contributed by atoms with van der Waals surface area (Å²) >= 11 is 11.8. The molecule has 1 atom stereocenters. The fourth-order valence-corrected chi connectivity index (χ4v) is 1.97. The Hall–Kier alpha value is -0.770. The first-order chi connectivity index (χ1) is 7.91. The van der Waals surface area contributed by atoms with E-state index in [1.54, 1.807) is 31.0 Å². The van der Waals surface area contributed by atoms with Crippen molar-refractivity contribution >= 4 is 29.1 Å². The van der Waals surface area contributed by atoms with Crippen LogP contribution in [0.1, 0.15) is 12.5 Å². The third-order valence-electron chi connectivity index (χ3n) is 2.50. The second kappa shape index (κ2) is 6.24. The van der Waals surface area contributed by atoms with Gasteiger partial charge < -0.3 is 10.6 Å². The molecule has 1 rings (SSSR count). The molecule has 1 amide bonds. The fraction of sp³-hybridized carbons (Fsp3) is 0.417. The van der Waals surface area contributed by atoms with Crippen LogP contribution < -0.4 is 5.73 Å². The monoisotopic (exact) mass is 274 g/mol. The number of nitrogens with two attached hydrogens (primary N) is 1. The Morgan fingerprint density at radius 1 is 1.47 bits per heavy atom. The summed E-state index contributed by atoms with van der Waals surface area (Å²) in [6, 6.07) is 4.89. The molecule has 0 radical (unpaired) electrons. The highest BCUT2D eigenvalue weighted by molar-refractivity contribution is 6.35. The molecule has 0 saturated heterocycles. The van der Waals surface area contributed by atoms with Gasteiger partial charge >= 0.3 is 0 Å². The maximum atomic E-state index is 11.5. The summed E-state index contributed by atoms with van der Waals surface area (Å²) < 4.78 is 0. The van der Waals surface area contributed by atoms with Gasteiger partial charge in [0.25, 0.3) is 0 Å². The third kappa shape index (κ3) is 4.19. The standard InChI is InChI=1S/C12H16Cl2N2O/c1-8(15)12(17)16(2)6-5-9-3-4-10(13)7-11(9)14/h3-4,7-8H,5-6,15H2,1-2H3. The smallest absolute Gasteiger partial charge is 0.238 e. The Bertz CT molecular complexity index is 407. The van der Waals surface area contributed by atoms with E-state index in [0.717, 1.165) is 5.56 Å². The molecule has 0 bridgehead atoms. The molecular weight excluding hydrogens is 259 g/mol. The molecule has 0 aromatic heterocycles. The average Bonchev–Trinajstić information content (AvgIpc) is 2.26. The van der Waals surface area contributed by atoms with Crippen molar-refractivity contribution in [3.8, 4) is 0 Å². The van der Waals surface area contributed by atoms with Crippen molar-refractivity contribution in [2.75, 3.05) is 13.6 Å². The fourth-order valence-electron chi connectivity index (χ4n) is 1.47. The lowest BCUT2D eigenvalue weighted by atomic mass is 10.1. The Morgan fingerprint density at radius 2 is 2.12 bits per heavy atom. The number of halogens is 2. The summed E-state index contributed by atoms with van der Waals surface area (Å²) in [5.41, 5.74) is 6.49. The lowest BCUT2D eigenvalue weighted by molar-refractivity contribution is -0.130. The molecule has 0 heterocycles. The van der Waals surface area contributed by atoms with Crippen molar-refractivity contribution in [3.63, 3.8) is 0 Å². The van der Waals surface area contributed by atoms with Gasteiger partial charge in [-0.15, -0.1) is 0 Å². The molecule has 94 valence electrons. The molecule has 0 aliphatic carbocycles. The van der Waals surface area contributed by atoms with Crippen LogP contribution in [0.4, 0.5) is 0 Å². The van der Waals surface area contributed by atoms with Crippen LogP contribution in [0, 0.1) is 0 Å². The molecule has 1 aromatic carbocycles. The quantitative estimate of drug-likeness (QED) is 0.916. The molecule has 17 heavy (non-hydrogen) atoms. The van der Waals surface area contributed by atoms with Crippen LogP contribution in [-0.4, -0.2) is 30.4 Å². The number of carbonyl (C=O) groups excluding carboxylic acids is 1. The molecule has 3 nitrogen and oxygen atoms in total. The summed E-state index contributed by atoms with van der Waals surface area (Å²) in [7, 11) is 1.73. The molecule has 0 fully saturated rings. The number of hydrogen-bond donors (Lipinski definition) is 1. The van der Waals surface area contributed by atoms with Gasteiger partial charge in [0.15, 0.2) is 0 Å². The van der Waals surface area contributed by atoms with Gasteiger partial charge in [0.2, 0.25) is 5.91 Å². The van der Waals surface area contributed by atoms with Gasteiger partial charge in [-0.25, -0.2) is 0 Å². The first-order valence-electron chi connectivity index (χ1n) is 5.36. The minimum atomic E-state index is -0.472. The number of rotatable bonds is 4. The Kier molecular flexibility index (Phi) is 5.25. The van der Waals surface area contributed by atoms with Gasteiger partial charge in [-0.1, -0.05) is 29.3 Å². The van der Waals surface area contributed by atoms with E-state index in [4.69, 9.17) is 28.9 Å². The topological polar surface area (TPSA) is 46.3 Å². The minimum Gasteiger partial charge on any atom is -0.344 e. The van der Waals surface area contributed by atoms with Gasteiger partial charge in [0.1, 0.15) is 0 Å². The molecule has 2 N–H and O–H groups in total. The highest BCUT2D eigenvalue weighted by Crippen LogP contribution is 2.21. The average molecular weight is 275 g/mol. The Labute approximate surface area is 111 Å². The number of nitrogens with zero attached hydrogens (tertiary/aromatic N) is 1. The largest absolute Gasteiger partial charge is 0.344 e. The van der Waals surface area contributed by atoms with Crippen LogP contribution in [0.2, 0.25) is 10.0 Å². The van der Waals surface area contributed by atoms with Gasteiger partial charge in [0.05, 0.1) is 6.04 Å². The van der Waals surface area contributed by atoms with Crippen LogP contribution in [0.25, 0.3) is 0 Å². The predicted octanol–water partition coefficient (Wildman–Crippen LogP) is 2.34. The van der Waals surface area contributed by atoms with E-state index in [-0.39, 0.29) is 5.91 Å². The highest BCUT2D eigenvalue weighted by Gasteiger charge is 2.13. The van der Waals surface area contributed by atoms with E-state index >= 15 is 0 Å². The van der Waals surface area contributed by atoms with E-state index in [0.29, 0.717) is 23.0 Å². The van der Waals surface area contributed by atoms with Crippen LogP contribution in [0.15, 0.2) is 18.2 Å². The maximum absolute atomic E-state index is 11.5. The van der Waals surface area contributed by atoms with E-state index in [2.05, 4.69) is 0 Å². The van der Waals surface area contributed by atoms with Crippen molar-refractivity contribution < 1.29 is 4.79 Å².